The van der Waals surface area contributed by atoms with Crippen LogP contribution in [0.25, 0.3) is 0 Å². The summed E-state index contributed by atoms with van der Waals surface area (Å²) in [5.74, 6) is 0.621. The van der Waals surface area contributed by atoms with Crippen LogP contribution in [-0.4, -0.2) is 25.8 Å². The molecule has 2 nitrogen and oxygen atoms in total. The molecule has 0 aliphatic carbocycles. The van der Waals surface area contributed by atoms with E-state index in [-0.39, 0.29) is 20.9 Å². The Kier molecular flexibility index (Phi) is 5.30. The van der Waals surface area contributed by atoms with E-state index in [0.29, 0.717) is 5.92 Å². The van der Waals surface area contributed by atoms with Crippen LogP contribution in [0.2, 0.25) is 0 Å². The first kappa shape index (κ1) is 16.2. The van der Waals surface area contributed by atoms with E-state index in [1.807, 2.05) is 4.90 Å². The van der Waals surface area contributed by atoms with Gasteiger partial charge in [0.25, 0.3) is 0 Å². The molecule has 0 saturated carbocycles. The van der Waals surface area contributed by atoms with E-state index in [1.165, 1.54) is 0 Å². The highest BCUT2D eigenvalue weighted by atomic mass is 127. The lowest BCUT2D eigenvalue weighted by atomic mass is 9.94. The van der Waals surface area contributed by atoms with Gasteiger partial charge in [-0.25, -0.2) is 0 Å². The van der Waals surface area contributed by atoms with Crippen molar-refractivity contribution in [2.45, 2.75) is 70.4 Å². The molecule has 0 saturated heterocycles. The summed E-state index contributed by atoms with van der Waals surface area (Å²) in [5, 5.41) is 0. The van der Waals surface area contributed by atoms with Crippen LogP contribution in [0, 0.1) is 5.92 Å². The Balaban J connectivity index is 5.16. The lowest BCUT2D eigenvalue weighted by Gasteiger charge is -2.46. The maximum atomic E-state index is 12.5. The summed E-state index contributed by atoms with van der Waals surface area (Å²) in [6.07, 6.45) is 0. The van der Waals surface area contributed by atoms with Crippen LogP contribution < -0.4 is 0 Å². The molecule has 0 radical (unpaired) electrons. The van der Waals surface area contributed by atoms with Crippen molar-refractivity contribution in [2.75, 3.05) is 0 Å². The minimum absolute atomic E-state index is 0.0519. The molecule has 1 unspecified atom stereocenters. The van der Waals surface area contributed by atoms with Gasteiger partial charge in [-0.05, 0) is 47.5 Å². The van der Waals surface area contributed by atoms with E-state index in [0.717, 1.165) is 0 Å². The Morgan fingerprint density at radius 2 is 1.31 bits per heavy atom. The largest absolute Gasteiger partial charge is 0.332 e. The van der Waals surface area contributed by atoms with Crippen LogP contribution >= 0.6 is 22.6 Å². The first-order valence-electron chi connectivity index (χ1n) is 5.87. The summed E-state index contributed by atoms with van der Waals surface area (Å²) in [6, 6.07) is 0. The van der Waals surface area contributed by atoms with Gasteiger partial charge in [0.2, 0.25) is 5.91 Å². The smallest absolute Gasteiger partial charge is 0.236 e. The number of halogens is 1. The highest BCUT2D eigenvalue weighted by Gasteiger charge is 2.38. The van der Waals surface area contributed by atoms with Crippen molar-refractivity contribution in [2.24, 2.45) is 5.92 Å². The van der Waals surface area contributed by atoms with Gasteiger partial charge in [0.1, 0.15) is 0 Å². The molecule has 0 aromatic heterocycles. The maximum Gasteiger partial charge on any atom is 0.236 e. The molecule has 0 rings (SSSR count). The van der Waals surface area contributed by atoms with Gasteiger partial charge in [0.05, 0.1) is 3.92 Å². The third kappa shape index (κ3) is 4.22. The number of alkyl halides is 1. The quantitative estimate of drug-likeness (QED) is 0.552. The Morgan fingerprint density at radius 1 is 1.00 bits per heavy atom. The van der Waals surface area contributed by atoms with Gasteiger partial charge in [0.15, 0.2) is 0 Å². The molecular formula is C13H26INO. The standard InChI is InChI=1S/C13H26INO/c1-9(2)10(14)11(16)15(12(3,4)5)13(6,7)8/h9-10H,1-8H3. The number of nitrogens with zero attached hydrogens (tertiary/aromatic N) is 1. The second kappa shape index (κ2) is 5.23. The van der Waals surface area contributed by atoms with Crippen molar-refractivity contribution < 1.29 is 4.79 Å². The summed E-state index contributed by atoms with van der Waals surface area (Å²) in [6.45, 7) is 16.8. The number of hydrogen-bond donors (Lipinski definition) is 0. The molecule has 0 bridgehead atoms. The predicted octanol–water partition coefficient (Wildman–Crippen LogP) is 3.87. The minimum Gasteiger partial charge on any atom is -0.332 e. The molecule has 0 aliphatic heterocycles. The van der Waals surface area contributed by atoms with E-state index in [2.05, 4.69) is 78.0 Å². The summed E-state index contributed by atoms with van der Waals surface area (Å²) in [4.78, 5) is 14.5. The number of amides is 1. The van der Waals surface area contributed by atoms with Crippen LogP contribution in [0.4, 0.5) is 0 Å². The van der Waals surface area contributed by atoms with E-state index >= 15 is 0 Å². The number of carbonyl (C=O) groups excluding carboxylic acids is 1. The predicted molar refractivity (Wildman–Crippen MR) is 79.0 cm³/mol. The van der Waals surface area contributed by atoms with Crippen molar-refractivity contribution in [1.29, 1.82) is 0 Å². The van der Waals surface area contributed by atoms with E-state index < -0.39 is 0 Å². The lowest BCUT2D eigenvalue weighted by Crippen LogP contribution is -2.58. The SMILES string of the molecule is CC(C)C(I)C(=O)N(C(C)(C)C)C(C)(C)C. The van der Waals surface area contributed by atoms with Crippen molar-refractivity contribution in [1.82, 2.24) is 4.90 Å². The fourth-order valence-corrected chi connectivity index (χ4v) is 2.35. The fraction of sp³-hybridized carbons (Fsp3) is 0.923. The zero-order valence-corrected chi connectivity index (χ0v) is 14.0. The Bertz CT molecular complexity index is 234. The van der Waals surface area contributed by atoms with E-state index in [1.54, 1.807) is 0 Å². The molecule has 0 N–H and O–H groups in total. The molecule has 1 atom stereocenters. The van der Waals surface area contributed by atoms with Gasteiger partial charge in [0, 0.05) is 11.1 Å². The Morgan fingerprint density at radius 3 is 1.50 bits per heavy atom. The molecule has 96 valence electrons. The first-order chi connectivity index (χ1) is 6.89. The first-order valence-corrected chi connectivity index (χ1v) is 7.12. The third-order valence-corrected chi connectivity index (χ3v) is 4.35. The van der Waals surface area contributed by atoms with Crippen molar-refractivity contribution in [3.63, 3.8) is 0 Å². The average molecular weight is 339 g/mol. The summed E-state index contributed by atoms with van der Waals surface area (Å²) >= 11 is 2.26. The molecule has 0 aromatic rings. The second-order valence-electron chi connectivity index (χ2n) is 6.66. The highest BCUT2D eigenvalue weighted by molar-refractivity contribution is 14.1. The monoisotopic (exact) mass is 339 g/mol. The summed E-state index contributed by atoms with van der Waals surface area (Å²) in [7, 11) is 0. The van der Waals surface area contributed by atoms with E-state index in [9.17, 15) is 4.79 Å². The Hall–Kier alpha value is 0.200. The summed E-state index contributed by atoms with van der Waals surface area (Å²) in [5.41, 5.74) is -0.263. The number of carbonyl (C=O) groups is 1. The molecule has 16 heavy (non-hydrogen) atoms. The van der Waals surface area contributed by atoms with Gasteiger partial charge in [-0.2, -0.15) is 0 Å². The normalized spacial score (nSPS) is 15.1. The molecular weight excluding hydrogens is 313 g/mol. The minimum atomic E-state index is -0.131. The van der Waals surface area contributed by atoms with Crippen LogP contribution in [0.3, 0.4) is 0 Å². The summed E-state index contributed by atoms with van der Waals surface area (Å²) < 4.78 is 0.0519. The maximum absolute atomic E-state index is 12.5. The van der Waals surface area contributed by atoms with Crippen LogP contribution in [0.5, 0.6) is 0 Å². The number of rotatable bonds is 2. The van der Waals surface area contributed by atoms with Crippen LogP contribution in [0.1, 0.15) is 55.4 Å². The zero-order chi connectivity index (χ0) is 13.3. The third-order valence-electron chi connectivity index (χ3n) is 2.38. The van der Waals surface area contributed by atoms with Gasteiger partial charge in [-0.15, -0.1) is 0 Å². The zero-order valence-electron chi connectivity index (χ0n) is 11.9. The average Bonchev–Trinajstić information content (AvgIpc) is 1.96. The van der Waals surface area contributed by atoms with Gasteiger partial charge < -0.3 is 4.90 Å². The van der Waals surface area contributed by atoms with Gasteiger partial charge >= 0.3 is 0 Å². The molecule has 1 amide bonds. The van der Waals surface area contributed by atoms with Gasteiger partial charge in [-0.3, -0.25) is 4.79 Å². The molecule has 0 spiro atoms. The van der Waals surface area contributed by atoms with Gasteiger partial charge in [-0.1, -0.05) is 36.4 Å². The molecule has 0 aromatic carbocycles. The molecule has 0 heterocycles. The molecule has 0 aliphatic rings. The van der Waals surface area contributed by atoms with Crippen molar-refractivity contribution in [3.05, 3.63) is 0 Å². The van der Waals surface area contributed by atoms with Crippen LogP contribution in [-0.2, 0) is 4.79 Å². The topological polar surface area (TPSA) is 20.3 Å². The molecule has 3 heteroatoms. The number of hydrogen-bond acceptors (Lipinski definition) is 1. The fourth-order valence-electron chi connectivity index (χ4n) is 2.08. The Labute approximate surface area is 114 Å². The second-order valence-corrected chi connectivity index (χ2v) is 8.00. The molecule has 0 fully saturated rings. The van der Waals surface area contributed by atoms with Crippen molar-refractivity contribution >= 4 is 28.5 Å². The lowest BCUT2D eigenvalue weighted by molar-refractivity contribution is -0.142. The van der Waals surface area contributed by atoms with Crippen molar-refractivity contribution in [3.8, 4) is 0 Å². The van der Waals surface area contributed by atoms with E-state index in [4.69, 9.17) is 0 Å². The van der Waals surface area contributed by atoms with Crippen LogP contribution in [0.15, 0.2) is 0 Å². The highest BCUT2D eigenvalue weighted by Crippen LogP contribution is 2.29.